The van der Waals surface area contributed by atoms with Gasteiger partial charge in [-0.15, -0.1) is 0 Å². The van der Waals surface area contributed by atoms with Gasteiger partial charge in [-0.1, -0.05) is 42.5 Å². The number of piperidine rings is 1. The maximum Gasteiger partial charge on any atom is 0.328 e. The van der Waals surface area contributed by atoms with Gasteiger partial charge in [0.05, 0.1) is 12.0 Å². The van der Waals surface area contributed by atoms with Gasteiger partial charge in [-0.05, 0) is 61.3 Å². The Morgan fingerprint density at radius 3 is 2.36 bits per heavy atom. The molecule has 1 spiro atoms. The standard InChI is InChI=1S/C27H35N3O5S/c1-20-9-10-21(2)24(17-20)36(33,34)30-15-12-27(13-16-30)11-14-29(19-27)26(32)28-23(25(31)35-3)18-22-7-5-4-6-8-22/h4-10,17,23H,11-16,18-19H2,1-3H3,(H,28,32)/t23-/m0/s1. The summed E-state index contributed by atoms with van der Waals surface area (Å²) < 4.78 is 33.1. The summed E-state index contributed by atoms with van der Waals surface area (Å²) in [5, 5.41) is 2.85. The van der Waals surface area contributed by atoms with Crippen LogP contribution in [-0.2, 0) is 26.0 Å². The fourth-order valence-corrected chi connectivity index (χ4v) is 7.02. The van der Waals surface area contributed by atoms with Crippen LogP contribution in [0.2, 0.25) is 0 Å². The van der Waals surface area contributed by atoms with Crippen LogP contribution in [0, 0.1) is 19.3 Å². The van der Waals surface area contributed by atoms with E-state index in [1.807, 2.05) is 56.3 Å². The molecule has 2 aliphatic heterocycles. The minimum atomic E-state index is -3.56. The van der Waals surface area contributed by atoms with Crippen LogP contribution in [0.1, 0.15) is 36.0 Å². The average Bonchev–Trinajstić information content (AvgIpc) is 3.28. The van der Waals surface area contributed by atoms with Gasteiger partial charge in [-0.2, -0.15) is 4.31 Å². The van der Waals surface area contributed by atoms with Crippen molar-refractivity contribution in [3.05, 3.63) is 65.2 Å². The highest BCUT2D eigenvalue weighted by molar-refractivity contribution is 7.89. The number of rotatable bonds is 6. The predicted molar refractivity (Wildman–Crippen MR) is 137 cm³/mol. The minimum Gasteiger partial charge on any atom is -0.467 e. The lowest BCUT2D eigenvalue weighted by Crippen LogP contribution is -2.50. The number of benzene rings is 2. The fourth-order valence-electron chi connectivity index (χ4n) is 5.27. The summed E-state index contributed by atoms with van der Waals surface area (Å²) in [5.41, 5.74) is 2.50. The zero-order valence-corrected chi connectivity index (χ0v) is 22.0. The zero-order chi connectivity index (χ0) is 25.9. The Labute approximate surface area is 213 Å². The van der Waals surface area contributed by atoms with Crippen molar-refractivity contribution >= 4 is 22.0 Å². The van der Waals surface area contributed by atoms with Crippen LogP contribution in [0.15, 0.2) is 53.4 Å². The molecule has 2 fully saturated rings. The molecule has 36 heavy (non-hydrogen) atoms. The number of hydrogen-bond acceptors (Lipinski definition) is 5. The first kappa shape index (κ1) is 26.2. The fraction of sp³-hybridized carbons (Fsp3) is 0.481. The SMILES string of the molecule is COC(=O)[C@H](Cc1ccccc1)NC(=O)N1CCC2(CCN(S(=O)(=O)c3cc(C)ccc3C)CC2)C1. The molecular formula is C27H35N3O5S. The maximum atomic E-state index is 13.3. The smallest absolute Gasteiger partial charge is 0.328 e. The molecule has 4 rings (SSSR count). The summed E-state index contributed by atoms with van der Waals surface area (Å²) in [6, 6.07) is 13.9. The van der Waals surface area contributed by atoms with E-state index in [0.717, 1.165) is 23.1 Å². The molecule has 0 saturated carbocycles. The summed E-state index contributed by atoms with van der Waals surface area (Å²) in [6.07, 6.45) is 2.57. The second-order valence-corrected chi connectivity index (χ2v) is 12.0. The number of nitrogens with one attached hydrogen (secondary N) is 1. The van der Waals surface area contributed by atoms with Crippen LogP contribution in [0.4, 0.5) is 4.79 Å². The van der Waals surface area contributed by atoms with E-state index in [1.54, 1.807) is 15.3 Å². The summed E-state index contributed by atoms with van der Waals surface area (Å²) in [4.78, 5) is 27.5. The first-order valence-corrected chi connectivity index (χ1v) is 13.8. The van der Waals surface area contributed by atoms with Crippen LogP contribution in [-0.4, -0.2) is 69.0 Å². The molecular weight excluding hydrogens is 478 g/mol. The Balaban J connectivity index is 1.37. The number of nitrogens with zero attached hydrogens (tertiary/aromatic N) is 2. The molecule has 8 nitrogen and oxygen atoms in total. The number of aryl methyl sites for hydroxylation is 2. The monoisotopic (exact) mass is 513 g/mol. The van der Waals surface area contributed by atoms with Gasteiger partial charge in [0.15, 0.2) is 0 Å². The molecule has 2 aromatic rings. The van der Waals surface area contributed by atoms with Crippen molar-refractivity contribution in [3.63, 3.8) is 0 Å². The van der Waals surface area contributed by atoms with Crippen molar-refractivity contribution in [1.29, 1.82) is 0 Å². The van der Waals surface area contributed by atoms with E-state index in [1.165, 1.54) is 7.11 Å². The molecule has 0 aromatic heterocycles. The van der Waals surface area contributed by atoms with E-state index in [4.69, 9.17) is 4.74 Å². The van der Waals surface area contributed by atoms with Crippen LogP contribution in [0.5, 0.6) is 0 Å². The molecule has 0 unspecified atom stereocenters. The van der Waals surface area contributed by atoms with Crippen molar-refractivity contribution in [2.45, 2.75) is 50.5 Å². The Kier molecular flexibility index (Phi) is 7.70. The number of hydrogen-bond donors (Lipinski definition) is 1. The highest BCUT2D eigenvalue weighted by atomic mass is 32.2. The number of esters is 1. The highest BCUT2D eigenvalue weighted by Crippen LogP contribution is 2.41. The van der Waals surface area contributed by atoms with E-state index in [-0.39, 0.29) is 11.4 Å². The molecule has 2 aromatic carbocycles. The van der Waals surface area contributed by atoms with Crippen LogP contribution >= 0.6 is 0 Å². The molecule has 2 heterocycles. The van der Waals surface area contributed by atoms with Gasteiger partial charge in [0.1, 0.15) is 6.04 Å². The molecule has 2 aliphatic rings. The van der Waals surface area contributed by atoms with Crippen molar-refractivity contribution in [3.8, 4) is 0 Å². The van der Waals surface area contributed by atoms with Gasteiger partial charge in [0.2, 0.25) is 10.0 Å². The number of sulfonamides is 1. The zero-order valence-electron chi connectivity index (χ0n) is 21.2. The predicted octanol–water partition coefficient (Wildman–Crippen LogP) is 3.27. The van der Waals surface area contributed by atoms with Crippen LogP contribution in [0.3, 0.4) is 0 Å². The van der Waals surface area contributed by atoms with Crippen LogP contribution < -0.4 is 5.32 Å². The van der Waals surface area contributed by atoms with Gasteiger partial charge in [0, 0.05) is 32.6 Å². The van der Waals surface area contributed by atoms with Crippen molar-refractivity contribution in [2.75, 3.05) is 33.3 Å². The third-order valence-corrected chi connectivity index (χ3v) is 9.58. The number of carbonyl (C=O) groups is 2. The number of amides is 2. The molecule has 194 valence electrons. The van der Waals surface area contributed by atoms with Crippen molar-refractivity contribution < 1.29 is 22.7 Å². The van der Waals surface area contributed by atoms with Gasteiger partial charge in [-0.25, -0.2) is 18.0 Å². The van der Waals surface area contributed by atoms with E-state index in [9.17, 15) is 18.0 Å². The number of urea groups is 1. The van der Waals surface area contributed by atoms with Gasteiger partial charge >= 0.3 is 12.0 Å². The number of likely N-dealkylation sites (tertiary alicyclic amines) is 1. The minimum absolute atomic E-state index is 0.106. The lowest BCUT2D eigenvalue weighted by atomic mass is 9.78. The quantitative estimate of drug-likeness (QED) is 0.598. The largest absolute Gasteiger partial charge is 0.467 e. The van der Waals surface area contributed by atoms with Crippen molar-refractivity contribution in [2.24, 2.45) is 5.41 Å². The summed E-state index contributed by atoms with van der Waals surface area (Å²) in [6.45, 7) is 5.72. The Hall–Kier alpha value is -2.91. The van der Waals surface area contributed by atoms with E-state index in [2.05, 4.69) is 5.32 Å². The van der Waals surface area contributed by atoms with E-state index in [0.29, 0.717) is 50.3 Å². The maximum absolute atomic E-state index is 13.3. The normalized spacial score (nSPS) is 18.7. The second kappa shape index (κ2) is 10.6. The van der Waals surface area contributed by atoms with Crippen LogP contribution in [0.25, 0.3) is 0 Å². The summed E-state index contributed by atoms with van der Waals surface area (Å²) in [5.74, 6) is -0.480. The molecule has 1 atom stereocenters. The molecule has 2 saturated heterocycles. The molecule has 0 bridgehead atoms. The van der Waals surface area contributed by atoms with Gasteiger partial charge in [0.25, 0.3) is 0 Å². The Bertz CT molecular complexity index is 1210. The molecule has 9 heteroatoms. The Morgan fingerprint density at radius 1 is 1.03 bits per heavy atom. The van der Waals surface area contributed by atoms with E-state index < -0.39 is 22.0 Å². The first-order valence-electron chi connectivity index (χ1n) is 12.4. The molecule has 1 N–H and O–H groups in total. The van der Waals surface area contributed by atoms with E-state index >= 15 is 0 Å². The third kappa shape index (κ3) is 5.57. The summed E-state index contributed by atoms with van der Waals surface area (Å²) >= 11 is 0. The topological polar surface area (TPSA) is 96.0 Å². The number of methoxy groups -OCH3 is 1. The van der Waals surface area contributed by atoms with Crippen molar-refractivity contribution in [1.82, 2.24) is 14.5 Å². The molecule has 2 amide bonds. The lowest BCUT2D eigenvalue weighted by molar-refractivity contribution is -0.142. The lowest BCUT2D eigenvalue weighted by Gasteiger charge is -2.38. The third-order valence-electron chi connectivity index (χ3n) is 7.54. The average molecular weight is 514 g/mol. The van der Waals surface area contributed by atoms with Gasteiger partial charge in [-0.3, -0.25) is 0 Å². The first-order chi connectivity index (χ1) is 17.1. The number of carbonyl (C=O) groups excluding carboxylic acids is 2. The Morgan fingerprint density at radius 2 is 1.69 bits per heavy atom. The highest BCUT2D eigenvalue weighted by Gasteiger charge is 2.44. The molecule has 0 aliphatic carbocycles. The second-order valence-electron chi connectivity index (χ2n) is 10.1. The van der Waals surface area contributed by atoms with Gasteiger partial charge < -0.3 is 15.0 Å². The summed E-state index contributed by atoms with van der Waals surface area (Å²) in [7, 11) is -2.24. The number of ether oxygens (including phenoxy) is 1. The molecule has 0 radical (unpaired) electrons.